The molecule has 7 atom stereocenters. The molecule has 0 aliphatic heterocycles. The van der Waals surface area contributed by atoms with E-state index in [9.17, 15) is 87.5 Å². The summed E-state index contributed by atoms with van der Waals surface area (Å²) in [5, 5.41) is 59.6. The number of fused-ring (bicyclic) bond motifs is 1. The van der Waals surface area contributed by atoms with Crippen LogP contribution in [0.4, 0.5) is 0 Å². The molecule has 0 aromatic heterocycles. The minimum Gasteiger partial charge on any atom is -0.548 e. The number of Topliss-reactive ketones (excluding diaryl/α,β-unsaturated/α-hetero) is 3. The van der Waals surface area contributed by atoms with Crippen LogP contribution < -0.4 is 213 Å². The maximum Gasteiger partial charge on any atom is 1.00 e. The zero-order valence-electron chi connectivity index (χ0n) is 65.1. The van der Waals surface area contributed by atoms with Crippen molar-refractivity contribution in [2.45, 2.75) is 205 Å². The largest absolute Gasteiger partial charge is 1.00 e. The molecule has 106 heavy (non-hydrogen) atoms. The van der Waals surface area contributed by atoms with Gasteiger partial charge in [0, 0.05) is 40.6 Å². The third-order valence-electron chi connectivity index (χ3n) is 14.0. The number of aliphatic hydroxyl groups excluding tert-OH is 1. The first-order valence-corrected chi connectivity index (χ1v) is 32.8. The average Bonchev–Trinajstić information content (AvgIpc) is 1.68. The molecule has 1 aliphatic rings. The molecule has 3 aromatic carbocycles. The number of carboxylic acid groups (broad SMARTS) is 3. The third kappa shape index (κ3) is 55.3. The van der Waals surface area contributed by atoms with Gasteiger partial charge >= 0.3 is 154 Å². The number of hydrogen-bond donors (Lipinski definition) is 9. The number of ketones is 9. The minimum absolute atomic E-state index is 0. The monoisotopic (exact) mass is 1540 g/mol. The van der Waals surface area contributed by atoms with E-state index in [4.69, 9.17) is 11.5 Å². The zero-order chi connectivity index (χ0) is 79.4. The molecule has 0 spiro atoms. The van der Waals surface area contributed by atoms with Crippen molar-refractivity contribution in [1.29, 1.82) is 0 Å². The Balaban J connectivity index is -0.000000385. The van der Waals surface area contributed by atoms with Crippen molar-refractivity contribution in [1.82, 2.24) is 31.9 Å². The molecule has 0 bridgehead atoms. The molecule has 0 saturated heterocycles. The van der Waals surface area contributed by atoms with Gasteiger partial charge in [0.15, 0.2) is 52.0 Å². The molecule has 0 fully saturated rings. The summed E-state index contributed by atoms with van der Waals surface area (Å²) < 4.78 is 0. The number of carbonyl (C=O) groups excluding carboxylic acids is 14. The summed E-state index contributed by atoms with van der Waals surface area (Å²) in [6, 6.07) is 20.5. The summed E-state index contributed by atoms with van der Waals surface area (Å²) >= 11 is 0. The molecular formula is C77H103K3N8O18. The maximum absolute atomic E-state index is 11.3. The number of primary amides is 2. The normalized spacial score (nSPS) is 13.4. The standard InChI is InChI=1S/C17H19NO3.C15H19NO3.C14H17NO3.C11H18N2O3.C10H16N2O3.C10H17NO3.3K/c1-11(9-12(2)19)18-16(17(20)21)10-14-8-7-13-5-3-4-6-15(13)14;1-10-4-6-13(7-5-10)9-14(15(18)19)16-11(2)8-12(3)17;1-10(8-11(2)16)15-13(14(17)18)9-12-6-4-3-5-7-12;1-7(6-8(2)14)13-10(9(3)15)4-5-11(12)16;1-6(4-7(2)13)12-9(8(3)14)5-10(11)15;1-6(5-7(2)12)11-10(8(3)13)9(4)14;;;/h3-6,8-9,16,18H,7,10H2,1-2H3,(H,20,21);4-8,14,16H,9H2,1-3H3,(H,18,19);3-8,13,15H,9H2,1-2H3,(H,17,18);6,10,13H,4-5H2,1-3H3,(H2,12,16);4,9,12H,5H2,1-3H3,(H2,11,15);5,8,10-11,13H,1-4H3;;;/q;;;;;;3*+1/p-3/b11-9+;11-8+;10-8+;7-6+;6-4+;6-5+;;;/t16-;14-;13-;10-;9-;8?,10-;;;/m000000.../s1. The smallest absolute Gasteiger partial charge is 0.548 e. The number of nitrogens with one attached hydrogen (secondary N) is 6. The molecule has 3 aromatic rings. The Hall–Kier alpha value is -6.11. The first-order valence-electron chi connectivity index (χ1n) is 32.8. The number of benzene rings is 3. The molecule has 4 rings (SSSR count). The van der Waals surface area contributed by atoms with E-state index in [1.807, 2.05) is 91.9 Å². The number of aryl methyl sites for hydroxylation is 1. The summed E-state index contributed by atoms with van der Waals surface area (Å²) in [4.78, 5) is 153. The number of rotatable bonds is 36. The SMILES string of the molecule is CC(=O)/C=C(\C)N[C@@H](CC(N)=O)C(C)=O.CC(=O)/C=C(\C)N[C@@H](CC1=CCc2ccccc21)C(=O)[O-].CC(=O)/C=C(\C)N[C@@H](CCC(N)=O)C(C)=O.CC(=O)/C=C(\C)N[C@@H](Cc1ccc(C)cc1)C(=O)[O-].CC(=O)/C=C(\C)N[C@@H](Cc1ccccc1)C(=O)[O-].CC(=O)/C=C(\C)N[C@H](C(C)=O)C(C)O.[K+].[K+].[K+]. The van der Waals surface area contributed by atoms with E-state index in [0.717, 1.165) is 34.2 Å². The molecule has 26 nitrogen and oxygen atoms in total. The predicted molar refractivity (Wildman–Crippen MR) is 387 cm³/mol. The van der Waals surface area contributed by atoms with Crippen LogP contribution in [0.3, 0.4) is 0 Å². The van der Waals surface area contributed by atoms with Gasteiger partial charge in [0.1, 0.15) is 6.04 Å². The Labute approximate surface area is 750 Å². The van der Waals surface area contributed by atoms with E-state index in [1.54, 1.807) is 41.5 Å². The second-order valence-electron chi connectivity index (χ2n) is 24.6. The zero-order valence-corrected chi connectivity index (χ0v) is 74.4. The van der Waals surface area contributed by atoms with E-state index in [1.165, 1.54) is 111 Å². The number of aliphatic hydroxyl groups is 1. The first kappa shape index (κ1) is 108. The Kier molecular flexibility index (Phi) is 61.2. The minimum atomic E-state index is -1.19. The molecule has 11 N–H and O–H groups in total. The number of carboxylic acids is 3. The van der Waals surface area contributed by atoms with Crippen molar-refractivity contribution >= 4 is 87.3 Å². The van der Waals surface area contributed by atoms with Crippen LogP contribution in [0.1, 0.15) is 164 Å². The predicted octanol–water partition coefficient (Wildman–Crippen LogP) is -6.00. The van der Waals surface area contributed by atoms with Crippen LogP contribution in [0.25, 0.3) is 5.57 Å². The topological polar surface area (TPSA) is 453 Å². The van der Waals surface area contributed by atoms with Gasteiger partial charge in [-0.15, -0.1) is 0 Å². The summed E-state index contributed by atoms with van der Waals surface area (Å²) in [5.74, 6) is -5.66. The van der Waals surface area contributed by atoms with Gasteiger partial charge in [0.2, 0.25) is 11.8 Å². The van der Waals surface area contributed by atoms with E-state index in [2.05, 4.69) is 31.9 Å². The van der Waals surface area contributed by atoms with Crippen molar-refractivity contribution in [3.63, 3.8) is 0 Å². The molecule has 1 unspecified atom stereocenters. The fourth-order valence-corrected chi connectivity index (χ4v) is 9.58. The Morgan fingerprint density at radius 2 is 0.736 bits per heavy atom. The summed E-state index contributed by atoms with van der Waals surface area (Å²) in [6.07, 6.45) is 11.7. The molecule has 0 heterocycles. The van der Waals surface area contributed by atoms with Crippen molar-refractivity contribution in [3.05, 3.63) is 183 Å². The second-order valence-corrected chi connectivity index (χ2v) is 24.6. The number of amides is 2. The molecule has 562 valence electrons. The molecular weight excluding hydrogens is 1440 g/mol. The van der Waals surface area contributed by atoms with Crippen molar-refractivity contribution in [2.24, 2.45) is 11.5 Å². The fraction of sp³-hybridized carbons (Fsp3) is 0.403. The second kappa shape index (κ2) is 59.8. The number of carbonyl (C=O) groups is 14. The van der Waals surface area contributed by atoms with Gasteiger partial charge < -0.3 is 78.2 Å². The van der Waals surface area contributed by atoms with Gasteiger partial charge in [0.25, 0.3) is 0 Å². The van der Waals surface area contributed by atoms with E-state index >= 15 is 0 Å². The van der Waals surface area contributed by atoms with Gasteiger partial charge in [-0.25, -0.2) is 0 Å². The summed E-state index contributed by atoms with van der Waals surface area (Å²) in [7, 11) is 0. The molecule has 2 amide bonds. The number of nitrogens with two attached hydrogens (primary N) is 2. The van der Waals surface area contributed by atoms with Crippen LogP contribution in [0.2, 0.25) is 0 Å². The van der Waals surface area contributed by atoms with Gasteiger partial charge in [-0.05, 0) is 214 Å². The van der Waals surface area contributed by atoms with Crippen molar-refractivity contribution < 1.29 is 242 Å². The summed E-state index contributed by atoms with van der Waals surface area (Å²) in [6.45, 7) is 26.2. The van der Waals surface area contributed by atoms with Crippen LogP contribution in [0, 0.1) is 6.92 Å². The Morgan fingerprint density at radius 3 is 1.06 bits per heavy atom. The van der Waals surface area contributed by atoms with Crippen molar-refractivity contribution in [3.8, 4) is 0 Å². The van der Waals surface area contributed by atoms with Gasteiger partial charge in [0.05, 0.1) is 60.6 Å². The third-order valence-corrected chi connectivity index (χ3v) is 14.0. The molecule has 0 radical (unpaired) electrons. The van der Waals surface area contributed by atoms with Crippen molar-refractivity contribution in [2.75, 3.05) is 0 Å². The van der Waals surface area contributed by atoms with Gasteiger partial charge in [-0.1, -0.05) is 90.5 Å². The molecule has 29 heteroatoms. The number of aliphatic carboxylic acids is 3. The van der Waals surface area contributed by atoms with Crippen LogP contribution in [-0.2, 0) is 86.4 Å². The maximum atomic E-state index is 11.3. The Morgan fingerprint density at radius 1 is 0.415 bits per heavy atom. The quantitative estimate of drug-likeness (QED) is 0.0193. The molecule has 1 aliphatic carbocycles. The van der Waals surface area contributed by atoms with Gasteiger partial charge in [-0.3, -0.25) is 52.7 Å². The number of hydrogen-bond acceptors (Lipinski definition) is 24. The van der Waals surface area contributed by atoms with E-state index in [0.29, 0.717) is 59.9 Å². The number of allylic oxidation sites excluding steroid dienone is 13. The van der Waals surface area contributed by atoms with E-state index in [-0.39, 0.29) is 219 Å². The Bertz CT molecular complexity index is 3670. The summed E-state index contributed by atoms with van der Waals surface area (Å²) in [5.41, 5.74) is 19.5. The first-order chi connectivity index (χ1) is 47.8. The molecule has 0 saturated carbocycles. The van der Waals surface area contributed by atoms with Crippen LogP contribution in [0.15, 0.2) is 156 Å². The van der Waals surface area contributed by atoms with Crippen LogP contribution in [0.5, 0.6) is 0 Å². The fourth-order valence-electron chi connectivity index (χ4n) is 9.58. The van der Waals surface area contributed by atoms with Gasteiger partial charge in [-0.2, -0.15) is 0 Å². The van der Waals surface area contributed by atoms with E-state index < -0.39 is 72.1 Å². The average molecular weight is 1550 g/mol. The van der Waals surface area contributed by atoms with Crippen LogP contribution >= 0.6 is 0 Å². The van der Waals surface area contributed by atoms with Crippen LogP contribution in [-0.4, -0.2) is 129 Å².